The number of unbranched alkanes of at least 4 members (excludes halogenated alkanes) is 2. The van der Waals surface area contributed by atoms with E-state index in [-0.39, 0.29) is 16.8 Å². The monoisotopic (exact) mass is 313 g/mol. The molecule has 0 rings (SSSR count). The van der Waals surface area contributed by atoms with Crippen molar-refractivity contribution >= 4 is 5.97 Å². The summed E-state index contributed by atoms with van der Waals surface area (Å²) in [6.07, 6.45) is 6.08. The van der Waals surface area contributed by atoms with E-state index < -0.39 is 0 Å². The molecule has 0 fully saturated rings. The number of carbonyl (C=O) groups excluding carboxylic acids is 1. The van der Waals surface area contributed by atoms with Crippen molar-refractivity contribution in [2.24, 2.45) is 10.8 Å². The minimum atomic E-state index is -0.0600. The molecule has 0 spiro atoms. The van der Waals surface area contributed by atoms with E-state index in [2.05, 4.69) is 62.1 Å². The third kappa shape index (κ3) is 11.9. The van der Waals surface area contributed by atoms with Crippen molar-refractivity contribution in [3.63, 3.8) is 0 Å². The lowest BCUT2D eigenvalue weighted by atomic mass is 9.77. The molecule has 0 atom stereocenters. The third-order valence-corrected chi connectivity index (χ3v) is 3.81. The Balaban J connectivity index is 4.08. The fourth-order valence-corrected chi connectivity index (χ4v) is 3.06. The molecule has 0 N–H and O–H groups in total. The van der Waals surface area contributed by atoms with Crippen molar-refractivity contribution in [2.75, 3.05) is 33.8 Å². The van der Waals surface area contributed by atoms with Crippen LogP contribution < -0.4 is 0 Å². The quantitative estimate of drug-likeness (QED) is 0.257. The minimum Gasteiger partial charge on any atom is -0.465 e. The van der Waals surface area contributed by atoms with E-state index in [1.807, 2.05) is 0 Å². The summed E-state index contributed by atoms with van der Waals surface area (Å²) < 4.78 is 6.40. The molecule has 3 heteroatoms. The van der Waals surface area contributed by atoms with Crippen LogP contribution in [0.5, 0.6) is 0 Å². The first-order chi connectivity index (χ1) is 9.87. The zero-order chi connectivity index (χ0) is 17.4. The highest BCUT2D eigenvalue weighted by atomic mass is 16.5. The topological polar surface area (TPSA) is 26.3 Å². The fourth-order valence-electron chi connectivity index (χ4n) is 3.06. The van der Waals surface area contributed by atoms with E-state index in [1.165, 1.54) is 6.42 Å². The third-order valence-electron chi connectivity index (χ3n) is 3.81. The smallest absolute Gasteiger partial charge is 0.311 e. The Morgan fingerprint density at radius 2 is 1.68 bits per heavy atom. The van der Waals surface area contributed by atoms with Crippen molar-refractivity contribution in [1.82, 2.24) is 0 Å². The first kappa shape index (κ1) is 21.3. The second-order valence-electron chi connectivity index (χ2n) is 9.25. The van der Waals surface area contributed by atoms with E-state index >= 15 is 0 Å². The molecule has 0 saturated heterocycles. The van der Waals surface area contributed by atoms with Gasteiger partial charge >= 0.3 is 5.97 Å². The Labute approximate surface area is 139 Å². The van der Waals surface area contributed by atoms with E-state index in [9.17, 15) is 4.79 Å². The van der Waals surface area contributed by atoms with Gasteiger partial charge in [-0.3, -0.25) is 4.79 Å². The molecule has 0 bridgehead atoms. The van der Waals surface area contributed by atoms with Crippen molar-refractivity contribution in [1.29, 1.82) is 0 Å². The van der Waals surface area contributed by atoms with Gasteiger partial charge in [-0.15, -0.1) is 0 Å². The number of rotatable bonds is 10. The van der Waals surface area contributed by atoms with Crippen LogP contribution >= 0.6 is 0 Å². The van der Waals surface area contributed by atoms with Crippen LogP contribution in [0.2, 0.25) is 0 Å². The first-order valence-electron chi connectivity index (χ1n) is 8.62. The van der Waals surface area contributed by atoms with Gasteiger partial charge in [0.15, 0.2) is 0 Å². The van der Waals surface area contributed by atoms with Crippen LogP contribution in [-0.2, 0) is 9.53 Å². The number of ether oxygens (including phenoxy) is 1. The van der Waals surface area contributed by atoms with Gasteiger partial charge in [-0.25, -0.2) is 0 Å². The number of nitrogens with zero attached hydrogens (tertiary/aromatic N) is 1. The van der Waals surface area contributed by atoms with Crippen LogP contribution in [0.3, 0.4) is 0 Å². The van der Waals surface area contributed by atoms with Crippen LogP contribution in [-0.4, -0.2) is 44.2 Å². The summed E-state index contributed by atoms with van der Waals surface area (Å²) in [4.78, 5) is 12.0. The fraction of sp³-hybridized carbons (Fsp3) is 0.895. The molecule has 0 saturated carbocycles. The van der Waals surface area contributed by atoms with Crippen LogP contribution in [0.4, 0.5) is 0 Å². The molecule has 3 nitrogen and oxygen atoms in total. The maximum atomic E-state index is 12.0. The molecule has 0 unspecified atom stereocenters. The SMILES string of the molecule is C[CH+]CCC[N+](C)(C)CCC(=O)OCC(C)(C)CC(C)(C)C. The maximum Gasteiger partial charge on any atom is 0.311 e. The predicted molar refractivity (Wildman–Crippen MR) is 94.5 cm³/mol. The summed E-state index contributed by atoms with van der Waals surface area (Å²) in [5, 5.41) is 0. The Morgan fingerprint density at radius 1 is 1.09 bits per heavy atom. The number of esters is 1. The highest BCUT2D eigenvalue weighted by Gasteiger charge is 2.27. The molecule has 0 aliphatic heterocycles. The summed E-state index contributed by atoms with van der Waals surface area (Å²) in [6, 6.07) is 0. The normalized spacial score (nSPS) is 13.1. The summed E-state index contributed by atoms with van der Waals surface area (Å²) in [7, 11) is 4.37. The van der Waals surface area contributed by atoms with E-state index in [4.69, 9.17) is 4.74 Å². The van der Waals surface area contributed by atoms with Gasteiger partial charge < -0.3 is 9.22 Å². The van der Waals surface area contributed by atoms with Crippen molar-refractivity contribution < 1.29 is 14.0 Å². The van der Waals surface area contributed by atoms with Crippen LogP contribution in [0.1, 0.15) is 67.2 Å². The largest absolute Gasteiger partial charge is 0.465 e. The molecule has 0 amide bonds. The second-order valence-corrected chi connectivity index (χ2v) is 9.25. The van der Waals surface area contributed by atoms with Gasteiger partial charge in [0.1, 0.15) is 0 Å². The molecule has 0 heterocycles. The molecule has 22 heavy (non-hydrogen) atoms. The van der Waals surface area contributed by atoms with Gasteiger partial charge in [-0.05, 0) is 17.3 Å². The van der Waals surface area contributed by atoms with Gasteiger partial charge in [0.25, 0.3) is 0 Å². The lowest BCUT2D eigenvalue weighted by Gasteiger charge is -2.32. The Morgan fingerprint density at radius 3 is 2.18 bits per heavy atom. The predicted octanol–water partition coefficient (Wildman–Crippen LogP) is 4.46. The average Bonchev–Trinajstić information content (AvgIpc) is 2.31. The van der Waals surface area contributed by atoms with Gasteiger partial charge in [-0.1, -0.05) is 34.6 Å². The number of quaternary nitrogens is 1. The van der Waals surface area contributed by atoms with Crippen molar-refractivity contribution in [2.45, 2.75) is 67.2 Å². The van der Waals surface area contributed by atoms with Crippen molar-refractivity contribution in [3.05, 3.63) is 6.42 Å². The highest BCUT2D eigenvalue weighted by Crippen LogP contribution is 2.33. The maximum absolute atomic E-state index is 12.0. The molecular weight excluding hydrogens is 274 g/mol. The molecule has 0 radical (unpaired) electrons. The molecule has 0 aliphatic carbocycles. The highest BCUT2D eigenvalue weighted by molar-refractivity contribution is 5.69. The van der Waals surface area contributed by atoms with Crippen LogP contribution in [0, 0.1) is 17.3 Å². The van der Waals surface area contributed by atoms with Gasteiger partial charge in [0.05, 0.1) is 60.0 Å². The summed E-state index contributed by atoms with van der Waals surface area (Å²) in [5.41, 5.74) is 0.292. The van der Waals surface area contributed by atoms with Crippen LogP contribution in [0.25, 0.3) is 0 Å². The van der Waals surface area contributed by atoms with Crippen LogP contribution in [0.15, 0.2) is 0 Å². The molecular formula is C19H39NO2+2. The van der Waals surface area contributed by atoms with E-state index in [1.54, 1.807) is 0 Å². The van der Waals surface area contributed by atoms with E-state index in [0.717, 1.165) is 30.4 Å². The molecule has 130 valence electrons. The van der Waals surface area contributed by atoms with Gasteiger partial charge in [-0.2, -0.15) is 0 Å². The number of carbonyl (C=O) groups is 1. The second kappa shape index (κ2) is 8.81. The Kier molecular flexibility index (Phi) is 8.53. The number of hydrogen-bond acceptors (Lipinski definition) is 2. The summed E-state index contributed by atoms with van der Waals surface area (Å²) in [5.74, 6) is -0.0600. The summed E-state index contributed by atoms with van der Waals surface area (Å²) >= 11 is 0. The lowest BCUT2D eigenvalue weighted by Crippen LogP contribution is -2.42. The van der Waals surface area contributed by atoms with E-state index in [0.29, 0.717) is 13.0 Å². The zero-order valence-corrected chi connectivity index (χ0v) is 16.3. The number of hydrogen-bond donors (Lipinski definition) is 0. The lowest BCUT2D eigenvalue weighted by molar-refractivity contribution is -0.890. The van der Waals surface area contributed by atoms with Gasteiger partial charge in [0, 0.05) is 6.42 Å². The molecule has 0 aromatic rings. The zero-order valence-electron chi connectivity index (χ0n) is 16.3. The standard InChI is InChI=1S/C19H39NO2/c1-9-10-11-13-20(7,8)14-12-17(21)22-16-19(5,6)15-18(2,3)4/h9H,10-16H2,1-8H3/q+2. The molecule has 0 aromatic carbocycles. The molecule has 0 aliphatic rings. The first-order valence-corrected chi connectivity index (χ1v) is 8.62. The summed E-state index contributed by atoms with van der Waals surface area (Å²) in [6.45, 7) is 15.6. The van der Waals surface area contributed by atoms with Crippen molar-refractivity contribution in [3.8, 4) is 0 Å². The molecule has 0 aromatic heterocycles. The average molecular weight is 314 g/mol. The Hall–Kier alpha value is -0.700. The van der Waals surface area contributed by atoms with Gasteiger partial charge in [0.2, 0.25) is 0 Å². The Bertz CT molecular complexity index is 327. The minimum absolute atomic E-state index is 0.0369.